The maximum atomic E-state index is 6.15. The van der Waals surface area contributed by atoms with Gasteiger partial charge in [0.2, 0.25) is 5.88 Å². The zero-order valence-electron chi connectivity index (χ0n) is 15.3. The summed E-state index contributed by atoms with van der Waals surface area (Å²) in [6, 6.07) is 13.8. The first-order valence-corrected chi connectivity index (χ1v) is 9.49. The smallest absolute Gasteiger partial charge is 0.232 e. The van der Waals surface area contributed by atoms with Crippen molar-refractivity contribution >= 4 is 16.6 Å². The molecule has 138 valence electrons. The fourth-order valence-electron chi connectivity index (χ4n) is 3.76. The van der Waals surface area contributed by atoms with Gasteiger partial charge in [-0.2, -0.15) is 0 Å². The van der Waals surface area contributed by atoms with Gasteiger partial charge in [-0.1, -0.05) is 18.2 Å². The predicted molar refractivity (Wildman–Crippen MR) is 104 cm³/mol. The van der Waals surface area contributed by atoms with Crippen molar-refractivity contribution in [1.29, 1.82) is 0 Å². The molecular formula is C21H22N4O2. The van der Waals surface area contributed by atoms with Crippen LogP contribution in [0, 0.1) is 5.92 Å². The number of para-hydroxylation sites is 1. The average molecular weight is 362 g/mol. The number of benzene rings is 1. The topological polar surface area (TPSA) is 64.6 Å². The van der Waals surface area contributed by atoms with Crippen molar-refractivity contribution in [3.63, 3.8) is 0 Å². The number of nitrogens with zero attached hydrogens (tertiary/aromatic N) is 3. The van der Waals surface area contributed by atoms with Crippen LogP contribution in [0.25, 0.3) is 28.1 Å². The highest BCUT2D eigenvalue weighted by molar-refractivity contribution is 5.82. The van der Waals surface area contributed by atoms with E-state index in [1.54, 1.807) is 10.7 Å². The Balaban J connectivity index is 1.47. The second-order valence-electron chi connectivity index (χ2n) is 7.16. The highest BCUT2D eigenvalue weighted by atomic mass is 16.5. The standard InChI is InChI=1S/C21H22N4O2/c1-14(16-6-4-10-22-12-16)26-21-9-8-20-23-13-17(25(20)24-21)19-11-15-5-2-3-7-18(15)27-19/h2-3,5,7-9,11,13-14,16,22H,4,6,10,12H2,1H3. The maximum absolute atomic E-state index is 6.15. The molecule has 0 spiro atoms. The third-order valence-corrected chi connectivity index (χ3v) is 5.32. The fraction of sp³-hybridized carbons (Fsp3) is 0.333. The van der Waals surface area contributed by atoms with Crippen molar-refractivity contribution in [3.05, 3.63) is 48.7 Å². The Morgan fingerprint density at radius 1 is 1.26 bits per heavy atom. The Hall–Kier alpha value is -2.86. The number of hydrogen-bond acceptors (Lipinski definition) is 5. The number of rotatable bonds is 4. The highest BCUT2D eigenvalue weighted by Gasteiger charge is 2.22. The van der Waals surface area contributed by atoms with E-state index in [4.69, 9.17) is 9.15 Å². The van der Waals surface area contributed by atoms with E-state index in [0.717, 1.165) is 41.2 Å². The summed E-state index contributed by atoms with van der Waals surface area (Å²) in [6.07, 6.45) is 4.29. The van der Waals surface area contributed by atoms with Crippen LogP contribution in [0.1, 0.15) is 19.8 Å². The summed E-state index contributed by atoms with van der Waals surface area (Å²) in [5.74, 6) is 1.86. The van der Waals surface area contributed by atoms with Gasteiger partial charge in [-0.3, -0.25) is 0 Å². The number of hydrogen-bond donors (Lipinski definition) is 1. The molecule has 27 heavy (non-hydrogen) atoms. The summed E-state index contributed by atoms with van der Waals surface area (Å²) in [6.45, 7) is 4.22. The van der Waals surface area contributed by atoms with Crippen molar-refractivity contribution in [2.24, 2.45) is 5.92 Å². The van der Waals surface area contributed by atoms with E-state index in [2.05, 4.69) is 22.3 Å². The van der Waals surface area contributed by atoms with E-state index in [9.17, 15) is 0 Å². The van der Waals surface area contributed by atoms with Crippen molar-refractivity contribution in [3.8, 4) is 17.3 Å². The molecule has 1 aliphatic rings. The Bertz CT molecular complexity index is 1050. The predicted octanol–water partition coefficient (Wildman–Crippen LogP) is 3.91. The van der Waals surface area contributed by atoms with Crippen LogP contribution < -0.4 is 10.1 Å². The molecular weight excluding hydrogens is 340 g/mol. The molecule has 1 fully saturated rings. The molecule has 4 aromatic rings. The van der Waals surface area contributed by atoms with E-state index in [-0.39, 0.29) is 6.10 Å². The summed E-state index contributed by atoms with van der Waals surface area (Å²) in [5.41, 5.74) is 2.44. The molecule has 4 heterocycles. The van der Waals surface area contributed by atoms with Crippen molar-refractivity contribution < 1.29 is 9.15 Å². The molecule has 2 unspecified atom stereocenters. The number of nitrogens with one attached hydrogen (secondary N) is 1. The minimum Gasteiger partial charge on any atom is -0.473 e. The molecule has 1 aromatic carbocycles. The van der Waals surface area contributed by atoms with Crippen LogP contribution in [-0.4, -0.2) is 33.8 Å². The first-order chi connectivity index (χ1) is 13.3. The van der Waals surface area contributed by atoms with Crippen molar-refractivity contribution in [1.82, 2.24) is 19.9 Å². The first kappa shape index (κ1) is 16.3. The van der Waals surface area contributed by atoms with Gasteiger partial charge in [-0.05, 0) is 44.5 Å². The second kappa shape index (κ2) is 6.70. The van der Waals surface area contributed by atoms with Gasteiger partial charge in [0.05, 0.1) is 6.20 Å². The summed E-state index contributed by atoms with van der Waals surface area (Å²) >= 11 is 0. The van der Waals surface area contributed by atoms with Gasteiger partial charge in [0.1, 0.15) is 17.4 Å². The number of fused-ring (bicyclic) bond motifs is 2. The minimum atomic E-state index is 0.112. The molecule has 1 saturated heterocycles. The van der Waals surface area contributed by atoms with Gasteiger partial charge in [0.15, 0.2) is 11.4 Å². The number of ether oxygens (including phenoxy) is 1. The number of furan rings is 1. The lowest BCUT2D eigenvalue weighted by Crippen LogP contribution is -2.38. The zero-order valence-corrected chi connectivity index (χ0v) is 15.3. The molecule has 0 bridgehead atoms. The molecule has 5 rings (SSSR count). The normalized spacial score (nSPS) is 18.8. The van der Waals surface area contributed by atoms with Gasteiger partial charge in [-0.25, -0.2) is 9.50 Å². The van der Waals surface area contributed by atoms with E-state index in [1.807, 2.05) is 42.5 Å². The molecule has 6 heteroatoms. The van der Waals surface area contributed by atoms with Crippen LogP contribution in [0.15, 0.2) is 53.1 Å². The van der Waals surface area contributed by atoms with Crippen LogP contribution in [0.2, 0.25) is 0 Å². The molecule has 6 nitrogen and oxygen atoms in total. The lowest BCUT2D eigenvalue weighted by Gasteiger charge is -2.28. The average Bonchev–Trinajstić information content (AvgIpc) is 3.32. The number of imidazole rings is 1. The van der Waals surface area contributed by atoms with Crippen molar-refractivity contribution in [2.75, 3.05) is 13.1 Å². The third kappa shape index (κ3) is 3.06. The second-order valence-corrected chi connectivity index (χ2v) is 7.16. The molecule has 0 saturated carbocycles. The lowest BCUT2D eigenvalue weighted by atomic mass is 9.95. The van der Waals surface area contributed by atoms with E-state index in [0.29, 0.717) is 11.8 Å². The Labute approximate surface area is 157 Å². The van der Waals surface area contributed by atoms with E-state index < -0.39 is 0 Å². The largest absolute Gasteiger partial charge is 0.473 e. The molecule has 1 aliphatic heterocycles. The minimum absolute atomic E-state index is 0.112. The third-order valence-electron chi connectivity index (χ3n) is 5.32. The summed E-state index contributed by atoms with van der Waals surface area (Å²) in [4.78, 5) is 4.45. The van der Waals surface area contributed by atoms with Gasteiger partial charge < -0.3 is 14.5 Å². The lowest BCUT2D eigenvalue weighted by molar-refractivity contribution is 0.124. The maximum Gasteiger partial charge on any atom is 0.232 e. The molecule has 3 aromatic heterocycles. The molecule has 0 amide bonds. The van der Waals surface area contributed by atoms with Crippen LogP contribution in [0.4, 0.5) is 0 Å². The number of aromatic nitrogens is 3. The molecule has 1 N–H and O–H groups in total. The zero-order chi connectivity index (χ0) is 18.2. The van der Waals surface area contributed by atoms with Crippen molar-refractivity contribution in [2.45, 2.75) is 25.9 Å². The highest BCUT2D eigenvalue weighted by Crippen LogP contribution is 2.28. The summed E-state index contributed by atoms with van der Waals surface area (Å²) in [7, 11) is 0. The fourth-order valence-corrected chi connectivity index (χ4v) is 3.76. The summed E-state index contributed by atoms with van der Waals surface area (Å²) < 4.78 is 13.9. The van der Waals surface area contributed by atoms with Gasteiger partial charge in [-0.15, -0.1) is 5.10 Å². The molecule has 0 aliphatic carbocycles. The van der Waals surface area contributed by atoms with Crippen LogP contribution in [0.3, 0.4) is 0 Å². The SMILES string of the molecule is CC(Oc1ccc2ncc(-c3cc4ccccc4o3)n2n1)C1CCCNC1. The molecule has 0 radical (unpaired) electrons. The van der Waals surface area contributed by atoms with Crippen LogP contribution in [0.5, 0.6) is 5.88 Å². The van der Waals surface area contributed by atoms with E-state index >= 15 is 0 Å². The van der Waals surface area contributed by atoms with Gasteiger partial charge in [0, 0.05) is 23.9 Å². The van der Waals surface area contributed by atoms with Gasteiger partial charge >= 0.3 is 0 Å². The Morgan fingerprint density at radius 2 is 2.19 bits per heavy atom. The van der Waals surface area contributed by atoms with E-state index in [1.165, 1.54) is 12.8 Å². The number of piperidine rings is 1. The summed E-state index contributed by atoms with van der Waals surface area (Å²) in [5, 5.41) is 9.17. The van der Waals surface area contributed by atoms with Crippen LogP contribution in [-0.2, 0) is 0 Å². The Kier molecular flexibility index (Phi) is 4.05. The monoisotopic (exact) mass is 362 g/mol. The molecule has 2 atom stereocenters. The first-order valence-electron chi connectivity index (χ1n) is 9.49. The quantitative estimate of drug-likeness (QED) is 0.596. The van der Waals surface area contributed by atoms with Gasteiger partial charge in [0.25, 0.3) is 0 Å². The Morgan fingerprint density at radius 3 is 3.04 bits per heavy atom. The van der Waals surface area contributed by atoms with Crippen LogP contribution >= 0.6 is 0 Å².